The molecule has 0 saturated carbocycles. The van der Waals surface area contributed by atoms with Gasteiger partial charge in [0.2, 0.25) is 23.6 Å². The number of nitrogens with zero attached hydrogens (tertiary/aromatic N) is 7. The molecule has 1 aliphatic carbocycles. The molecule has 5 N–H and O–H groups in total. The number of carbonyl (C=O) groups is 5. The standard InChI is InChI=1S/C85H111ClF3N11O9S4/c1-57(49-83(7,8)51-75(102)93-78(82(4,5)6)81(106)100-53-68(101)47-73(100)80(105)91-58(2)60-16-18-62(19-17-60)77-59(3)90-56-111-77)46-76(103)99-34-13-33-97(38-41-99)55-84(9)32-30-71(61-20-24-65(86)25-21-61)64(50-84)52-96-36-39-98(40-37-96)67-26-22-63(23-27-67)79(104)94-112-70-28-29-72(74(48-70)113(107,108)85(87,88)89)92-66(31-35-95-42-44-109-45-43-95)54-110-69-14-11-10-12-15-69/h10-12,14-29,48,56-58,66,68,73,78,92,101H,13,30-47,49-55H2,1-9H3,(H,91,105)(H,93,102)(H,94,104)/t57?,58-,66+,68+,73-,78+,84?/m0/s1. The van der Waals surface area contributed by atoms with Crippen molar-refractivity contribution in [3.05, 3.63) is 160 Å². The first kappa shape index (κ1) is 86.8. The predicted molar refractivity (Wildman–Crippen MR) is 446 cm³/mol. The Kier molecular flexibility index (Phi) is 29.5. The number of carbonyl (C=O) groups excluding carboxylic acids is 5. The van der Waals surface area contributed by atoms with E-state index in [0.29, 0.717) is 68.4 Å². The second-order valence-electron chi connectivity index (χ2n) is 33.5. The van der Waals surface area contributed by atoms with Crippen molar-refractivity contribution >= 4 is 103 Å². The zero-order chi connectivity index (χ0) is 81.0. The van der Waals surface area contributed by atoms with Crippen molar-refractivity contribution in [2.75, 3.05) is 121 Å². The average molecular weight is 1650 g/mol. The van der Waals surface area contributed by atoms with Crippen LogP contribution in [0.15, 0.2) is 147 Å². The molecule has 113 heavy (non-hydrogen) atoms. The fourth-order valence-electron chi connectivity index (χ4n) is 16.4. The third-order valence-electron chi connectivity index (χ3n) is 22.4. The lowest BCUT2D eigenvalue weighted by atomic mass is 9.71. The molecule has 2 unspecified atom stereocenters. The number of anilines is 2. The molecule has 7 atom stereocenters. The highest BCUT2D eigenvalue weighted by atomic mass is 35.5. The number of sulfone groups is 1. The summed E-state index contributed by atoms with van der Waals surface area (Å²) in [6.07, 6.45) is 4.46. The van der Waals surface area contributed by atoms with E-state index in [4.69, 9.17) is 16.3 Å². The van der Waals surface area contributed by atoms with E-state index >= 15 is 0 Å². The minimum Gasteiger partial charge on any atom is -0.391 e. The average Bonchev–Trinajstić information content (AvgIpc) is 1.43. The van der Waals surface area contributed by atoms with E-state index in [0.717, 1.165) is 141 Å². The second-order valence-corrected chi connectivity index (χ2v) is 38.7. The number of aromatic nitrogens is 1. The molecule has 5 amide bonds. The molecule has 612 valence electrons. The van der Waals surface area contributed by atoms with Gasteiger partial charge < -0.3 is 45.4 Å². The van der Waals surface area contributed by atoms with E-state index in [-0.39, 0.29) is 65.1 Å². The lowest BCUT2D eigenvalue weighted by molar-refractivity contribution is -0.144. The van der Waals surface area contributed by atoms with Gasteiger partial charge in [0.15, 0.2) is 0 Å². The SMILES string of the molecule is Cc1ncsc1-c1ccc([C@H](C)NC(=O)[C@@H]2C[C@@H](O)CN2C(=O)[C@@H](NC(=O)CC(C)(C)CC(C)CC(=O)N2CCCN(CC3(C)CCC(c4ccc(Cl)cc4)=C(CN4CCN(c5ccc(C(=O)NSc6ccc(N[C@H](CCN7CCOCC7)CSc7ccccc7)c(S(=O)(=O)C(F)(F)F)c6)cc5)CC4)C3)CC2)C(C)(C)C)cc1. The van der Waals surface area contributed by atoms with Gasteiger partial charge in [0.25, 0.3) is 15.7 Å². The first-order valence-electron chi connectivity index (χ1n) is 39.5. The number of hydrogen-bond donors (Lipinski definition) is 5. The van der Waals surface area contributed by atoms with Crippen molar-refractivity contribution < 1.29 is 55.4 Å². The number of aliphatic hydroxyl groups is 1. The maximum Gasteiger partial charge on any atom is 0.501 e. The number of amides is 5. The number of alkyl halides is 3. The zero-order valence-electron chi connectivity index (χ0n) is 66.5. The van der Waals surface area contributed by atoms with Gasteiger partial charge in [-0.15, -0.1) is 23.1 Å². The summed E-state index contributed by atoms with van der Waals surface area (Å²) < 4.78 is 77.9. The van der Waals surface area contributed by atoms with Crippen LogP contribution < -0.4 is 25.6 Å². The number of allylic oxidation sites excluding steroid dienone is 1. The highest BCUT2D eigenvalue weighted by Crippen LogP contribution is 2.45. The first-order chi connectivity index (χ1) is 53.7. The van der Waals surface area contributed by atoms with Crippen LogP contribution in [0.5, 0.6) is 0 Å². The number of piperazine rings is 1. The summed E-state index contributed by atoms with van der Waals surface area (Å²) in [5.41, 5.74) is 2.92. The number of benzene rings is 5. The molecule has 0 bridgehead atoms. The van der Waals surface area contributed by atoms with E-state index in [1.807, 2.05) is 138 Å². The summed E-state index contributed by atoms with van der Waals surface area (Å²) in [4.78, 5) is 89.1. The molecule has 5 aliphatic rings. The normalized spacial score (nSPS) is 20.5. The molecule has 20 nitrogen and oxygen atoms in total. The molecule has 0 radical (unpaired) electrons. The van der Waals surface area contributed by atoms with E-state index in [9.17, 15) is 50.7 Å². The molecule has 0 spiro atoms. The number of thiazole rings is 1. The molecule has 6 aromatic rings. The number of likely N-dealkylation sites (tertiary alicyclic amines) is 1. The van der Waals surface area contributed by atoms with Crippen molar-refractivity contribution in [1.82, 2.24) is 44.8 Å². The smallest absolute Gasteiger partial charge is 0.391 e. The van der Waals surface area contributed by atoms with Gasteiger partial charge in [0, 0.05) is 142 Å². The lowest BCUT2D eigenvalue weighted by Gasteiger charge is -2.42. The number of hydrogen-bond acceptors (Lipinski definition) is 18. The Balaban J connectivity index is 0.641. The lowest BCUT2D eigenvalue weighted by Crippen LogP contribution is -2.58. The number of aryl methyl sites for hydroxylation is 1. The minimum absolute atomic E-state index is 0.0226. The van der Waals surface area contributed by atoms with Gasteiger partial charge >= 0.3 is 5.51 Å². The summed E-state index contributed by atoms with van der Waals surface area (Å²) in [7, 11) is -5.81. The van der Waals surface area contributed by atoms with E-state index in [1.54, 1.807) is 23.5 Å². The van der Waals surface area contributed by atoms with Gasteiger partial charge in [0.05, 0.1) is 47.1 Å². The fraction of sp³-hybridized carbons (Fsp3) is 0.529. The van der Waals surface area contributed by atoms with Gasteiger partial charge in [-0.3, -0.25) is 38.5 Å². The molecule has 5 heterocycles. The van der Waals surface area contributed by atoms with Gasteiger partial charge in [-0.05, 0) is 182 Å². The Morgan fingerprint density at radius 3 is 2.16 bits per heavy atom. The van der Waals surface area contributed by atoms with Crippen molar-refractivity contribution in [2.24, 2.45) is 22.2 Å². The number of nitrogens with one attached hydrogen (secondary N) is 4. The molecule has 1 aromatic heterocycles. The zero-order valence-corrected chi connectivity index (χ0v) is 70.5. The Hall–Kier alpha value is -7.05. The van der Waals surface area contributed by atoms with Gasteiger partial charge in [0.1, 0.15) is 17.0 Å². The topological polar surface area (TPSA) is 229 Å². The molecule has 5 aromatic carbocycles. The summed E-state index contributed by atoms with van der Waals surface area (Å²) in [5.74, 6) is -1.05. The number of aliphatic hydroxyl groups excluding tert-OH is 1. The van der Waals surface area contributed by atoms with Gasteiger partial charge in [-0.2, -0.15) is 13.2 Å². The fourth-order valence-corrected chi connectivity index (χ4v) is 20.0. The monoisotopic (exact) mass is 1650 g/mol. The summed E-state index contributed by atoms with van der Waals surface area (Å²) >= 11 is 10.3. The quantitative estimate of drug-likeness (QED) is 0.0209. The number of β-amino-alcohol motifs (C(OH)–C–C–N with tert-alkyl or cyclic N) is 1. The summed E-state index contributed by atoms with van der Waals surface area (Å²) in [6, 6.07) is 34.1. The first-order valence-corrected chi connectivity index (χ1v) is 44.0. The van der Waals surface area contributed by atoms with Gasteiger partial charge in [-0.1, -0.05) is 120 Å². The highest BCUT2D eigenvalue weighted by Gasteiger charge is 2.49. The van der Waals surface area contributed by atoms with Crippen LogP contribution in [0.4, 0.5) is 24.5 Å². The Morgan fingerprint density at radius 1 is 0.796 bits per heavy atom. The van der Waals surface area contributed by atoms with Crippen LogP contribution in [0.3, 0.4) is 0 Å². The van der Waals surface area contributed by atoms with Crippen LogP contribution in [0.2, 0.25) is 5.02 Å². The van der Waals surface area contributed by atoms with E-state index < -0.39 is 67.1 Å². The highest BCUT2D eigenvalue weighted by molar-refractivity contribution is 7.99. The van der Waals surface area contributed by atoms with Crippen molar-refractivity contribution in [2.45, 2.75) is 171 Å². The largest absolute Gasteiger partial charge is 0.501 e. The number of morpholine rings is 1. The molecular weight excluding hydrogens is 1540 g/mol. The number of thioether (sulfide) groups is 1. The number of rotatable bonds is 30. The Morgan fingerprint density at radius 2 is 1.49 bits per heavy atom. The number of halogens is 4. The molecular formula is C85H111ClF3N11O9S4. The molecule has 4 aliphatic heterocycles. The maximum absolute atomic E-state index is 14.6. The van der Waals surface area contributed by atoms with Crippen LogP contribution in [0.1, 0.15) is 146 Å². The van der Waals surface area contributed by atoms with Crippen molar-refractivity contribution in [3.8, 4) is 10.4 Å². The second kappa shape index (κ2) is 38.4. The van der Waals surface area contributed by atoms with Crippen LogP contribution in [-0.2, 0) is 33.8 Å². The van der Waals surface area contributed by atoms with Gasteiger partial charge in [-0.25, -0.2) is 13.4 Å². The Bertz CT molecular complexity index is 4390. The predicted octanol–water partition coefficient (Wildman–Crippen LogP) is 14.3. The van der Waals surface area contributed by atoms with E-state index in [1.165, 1.54) is 45.5 Å². The third kappa shape index (κ3) is 23.6. The van der Waals surface area contributed by atoms with Crippen LogP contribution in [-0.4, -0.2) is 213 Å². The maximum atomic E-state index is 14.6. The molecule has 4 saturated heterocycles. The van der Waals surface area contributed by atoms with E-state index in [2.05, 4.69) is 71.2 Å². The van der Waals surface area contributed by atoms with Crippen LogP contribution in [0, 0.1) is 29.1 Å². The molecule has 4 fully saturated rings. The molecule has 28 heteroatoms. The van der Waals surface area contributed by atoms with Crippen LogP contribution in [0.25, 0.3) is 16.0 Å². The van der Waals surface area contributed by atoms with Crippen molar-refractivity contribution in [3.63, 3.8) is 0 Å². The molecule has 11 rings (SSSR count). The van der Waals surface area contributed by atoms with Crippen molar-refractivity contribution in [1.29, 1.82) is 0 Å². The summed E-state index contributed by atoms with van der Waals surface area (Å²) in [5, 5.41) is 20.9. The number of ether oxygens (including phenoxy) is 1. The third-order valence-corrected chi connectivity index (χ3v) is 27.2. The Labute approximate surface area is 682 Å². The minimum atomic E-state index is -5.81. The summed E-state index contributed by atoms with van der Waals surface area (Å²) in [6.45, 7) is 29.0. The van der Waals surface area contributed by atoms with Crippen LogP contribution >= 0.6 is 46.6 Å².